The van der Waals surface area contributed by atoms with Crippen LogP contribution in [0.1, 0.15) is 43.7 Å². The van der Waals surface area contributed by atoms with Crippen molar-refractivity contribution in [3.63, 3.8) is 0 Å². The van der Waals surface area contributed by atoms with Gasteiger partial charge in [-0.1, -0.05) is 28.4 Å². The minimum absolute atomic E-state index is 0.165. The van der Waals surface area contributed by atoms with Gasteiger partial charge in [0.15, 0.2) is 0 Å². The molecular formula is C16H19BrN2O. The number of hydrogen-bond donors (Lipinski definition) is 1. The van der Waals surface area contributed by atoms with Gasteiger partial charge < -0.3 is 10.1 Å². The van der Waals surface area contributed by atoms with E-state index in [1.165, 1.54) is 5.56 Å². The van der Waals surface area contributed by atoms with E-state index in [0.29, 0.717) is 12.1 Å². The molecule has 1 saturated carbocycles. The number of ether oxygens (including phenoxy) is 1. The van der Waals surface area contributed by atoms with Crippen molar-refractivity contribution in [1.82, 2.24) is 5.32 Å². The fourth-order valence-corrected chi connectivity index (χ4v) is 3.63. The zero-order valence-corrected chi connectivity index (χ0v) is 13.0. The summed E-state index contributed by atoms with van der Waals surface area (Å²) < 4.78 is 6.89. The van der Waals surface area contributed by atoms with Crippen LogP contribution in [0.4, 0.5) is 0 Å². The monoisotopic (exact) mass is 334 g/mol. The van der Waals surface area contributed by atoms with Gasteiger partial charge in [-0.25, -0.2) is 0 Å². The van der Waals surface area contributed by atoms with E-state index in [9.17, 15) is 5.26 Å². The number of nitrogens with one attached hydrogen (secondary N) is 1. The molecule has 106 valence electrons. The lowest BCUT2D eigenvalue weighted by atomic mass is 9.98. The zero-order chi connectivity index (χ0) is 13.9. The first kappa shape index (κ1) is 13.9. The van der Waals surface area contributed by atoms with Crippen LogP contribution in [0.15, 0.2) is 22.7 Å². The number of hydrogen-bond acceptors (Lipinski definition) is 3. The van der Waals surface area contributed by atoms with Crippen LogP contribution in [0.5, 0.6) is 5.75 Å². The van der Waals surface area contributed by atoms with E-state index < -0.39 is 0 Å². The number of rotatable bonds is 2. The van der Waals surface area contributed by atoms with Gasteiger partial charge >= 0.3 is 0 Å². The lowest BCUT2D eigenvalue weighted by molar-refractivity contribution is 0.313. The topological polar surface area (TPSA) is 45.0 Å². The highest BCUT2D eigenvalue weighted by Gasteiger charge is 2.30. The Kier molecular flexibility index (Phi) is 4.28. The molecule has 20 heavy (non-hydrogen) atoms. The van der Waals surface area contributed by atoms with Crippen molar-refractivity contribution in [2.24, 2.45) is 5.92 Å². The molecule has 2 aliphatic rings. The molecule has 4 heteroatoms. The summed E-state index contributed by atoms with van der Waals surface area (Å²) >= 11 is 3.50. The quantitative estimate of drug-likeness (QED) is 0.890. The molecule has 1 aliphatic heterocycles. The van der Waals surface area contributed by atoms with E-state index in [2.05, 4.69) is 39.4 Å². The summed E-state index contributed by atoms with van der Waals surface area (Å²) in [6, 6.07) is 9.34. The smallest absolute Gasteiger partial charge is 0.125 e. The third-order valence-electron chi connectivity index (χ3n) is 4.34. The molecule has 3 atom stereocenters. The van der Waals surface area contributed by atoms with Crippen molar-refractivity contribution >= 4 is 15.9 Å². The van der Waals surface area contributed by atoms with Crippen LogP contribution in [0.25, 0.3) is 0 Å². The summed E-state index contributed by atoms with van der Waals surface area (Å²) in [5.74, 6) is 1.14. The lowest BCUT2D eigenvalue weighted by Crippen LogP contribution is -2.35. The second-order valence-corrected chi connectivity index (χ2v) is 6.58. The molecular weight excluding hydrogens is 316 g/mol. The maximum absolute atomic E-state index is 9.23. The first-order valence-corrected chi connectivity index (χ1v) is 8.15. The Bertz CT molecular complexity index is 526. The van der Waals surface area contributed by atoms with Crippen molar-refractivity contribution in [3.8, 4) is 11.8 Å². The average molecular weight is 335 g/mol. The fourth-order valence-electron chi connectivity index (χ4n) is 3.29. The van der Waals surface area contributed by atoms with Crippen molar-refractivity contribution < 1.29 is 4.74 Å². The van der Waals surface area contributed by atoms with Crippen LogP contribution in [-0.2, 0) is 0 Å². The third-order valence-corrected chi connectivity index (χ3v) is 4.84. The van der Waals surface area contributed by atoms with Crippen molar-refractivity contribution in [2.75, 3.05) is 6.61 Å². The molecule has 1 fully saturated rings. The highest BCUT2D eigenvalue weighted by atomic mass is 79.9. The molecule has 3 unspecified atom stereocenters. The maximum atomic E-state index is 9.23. The predicted octanol–water partition coefficient (Wildman–Crippen LogP) is 3.94. The van der Waals surface area contributed by atoms with E-state index in [4.69, 9.17) is 4.74 Å². The molecule has 1 N–H and O–H groups in total. The molecule has 3 rings (SSSR count). The van der Waals surface area contributed by atoms with Gasteiger partial charge in [0, 0.05) is 22.1 Å². The molecule has 3 nitrogen and oxygen atoms in total. The van der Waals surface area contributed by atoms with Gasteiger partial charge in [0.05, 0.1) is 18.6 Å². The lowest BCUT2D eigenvalue weighted by Gasteiger charge is -2.24. The van der Waals surface area contributed by atoms with Crippen molar-refractivity contribution in [1.29, 1.82) is 5.26 Å². The average Bonchev–Trinajstić information content (AvgIpc) is 2.80. The normalized spacial score (nSPS) is 29.1. The fraction of sp³-hybridized carbons (Fsp3) is 0.562. The zero-order valence-electron chi connectivity index (χ0n) is 11.4. The highest BCUT2D eigenvalue weighted by molar-refractivity contribution is 9.10. The SMILES string of the molecule is N#CC1CCCC1NC1CCCOc2cc(Br)ccc21. The van der Waals surface area contributed by atoms with Gasteiger partial charge in [0.25, 0.3) is 0 Å². The highest BCUT2D eigenvalue weighted by Crippen LogP contribution is 2.36. The van der Waals surface area contributed by atoms with Crippen LogP contribution in [0, 0.1) is 17.2 Å². The number of halogens is 1. The van der Waals surface area contributed by atoms with Crippen LogP contribution in [0.2, 0.25) is 0 Å². The van der Waals surface area contributed by atoms with Gasteiger partial charge in [-0.2, -0.15) is 5.26 Å². The van der Waals surface area contributed by atoms with E-state index in [1.807, 2.05) is 6.07 Å². The maximum Gasteiger partial charge on any atom is 0.125 e. The summed E-state index contributed by atoms with van der Waals surface area (Å²) in [5.41, 5.74) is 1.23. The van der Waals surface area contributed by atoms with Crippen molar-refractivity contribution in [3.05, 3.63) is 28.2 Å². The summed E-state index contributed by atoms with van der Waals surface area (Å²) in [5, 5.41) is 12.9. The molecule has 1 aromatic carbocycles. The second kappa shape index (κ2) is 6.15. The van der Waals surface area contributed by atoms with Crippen LogP contribution < -0.4 is 10.1 Å². The Labute approximate surface area is 128 Å². The number of benzene rings is 1. The Hall–Kier alpha value is -1.05. The Morgan fingerprint density at radius 3 is 3.00 bits per heavy atom. The second-order valence-electron chi connectivity index (χ2n) is 5.67. The Morgan fingerprint density at radius 1 is 1.25 bits per heavy atom. The molecule has 0 spiro atoms. The third kappa shape index (κ3) is 2.84. The molecule has 1 heterocycles. The van der Waals surface area contributed by atoms with Crippen LogP contribution >= 0.6 is 15.9 Å². The molecule has 0 radical (unpaired) electrons. The van der Waals surface area contributed by atoms with E-state index in [1.54, 1.807) is 0 Å². The standard InChI is InChI=1S/C16H19BrN2O/c17-12-6-7-13-15(5-2-8-20-16(13)9-12)19-14-4-1-3-11(14)10-18/h6-7,9,11,14-15,19H,1-5,8H2. The van der Waals surface area contributed by atoms with Gasteiger partial charge in [-0.05, 0) is 37.8 Å². The van der Waals surface area contributed by atoms with Gasteiger partial charge in [0.1, 0.15) is 5.75 Å². The van der Waals surface area contributed by atoms with Gasteiger partial charge in [0.2, 0.25) is 0 Å². The summed E-state index contributed by atoms with van der Waals surface area (Å²) in [6.45, 7) is 0.772. The number of nitriles is 1. The summed E-state index contributed by atoms with van der Waals surface area (Å²) in [7, 11) is 0. The summed E-state index contributed by atoms with van der Waals surface area (Å²) in [6.07, 6.45) is 5.43. The number of fused-ring (bicyclic) bond motifs is 1. The largest absolute Gasteiger partial charge is 0.493 e. The Morgan fingerprint density at radius 2 is 2.15 bits per heavy atom. The molecule has 0 amide bonds. The van der Waals surface area contributed by atoms with E-state index in [0.717, 1.165) is 48.9 Å². The molecule has 1 aromatic rings. The minimum Gasteiger partial charge on any atom is -0.493 e. The minimum atomic E-state index is 0.165. The van der Waals surface area contributed by atoms with Crippen molar-refractivity contribution in [2.45, 2.75) is 44.2 Å². The molecule has 0 bridgehead atoms. The van der Waals surface area contributed by atoms with E-state index in [-0.39, 0.29) is 5.92 Å². The summed E-state index contributed by atoms with van der Waals surface area (Å²) in [4.78, 5) is 0. The first-order chi connectivity index (χ1) is 9.78. The van der Waals surface area contributed by atoms with Crippen LogP contribution in [0.3, 0.4) is 0 Å². The van der Waals surface area contributed by atoms with Gasteiger partial charge in [-0.3, -0.25) is 0 Å². The molecule has 1 aliphatic carbocycles. The van der Waals surface area contributed by atoms with Crippen LogP contribution in [-0.4, -0.2) is 12.6 Å². The molecule has 0 saturated heterocycles. The number of nitrogens with zero attached hydrogens (tertiary/aromatic N) is 1. The van der Waals surface area contributed by atoms with Gasteiger partial charge in [-0.15, -0.1) is 0 Å². The van der Waals surface area contributed by atoms with E-state index >= 15 is 0 Å². The predicted molar refractivity (Wildman–Crippen MR) is 81.5 cm³/mol. The first-order valence-electron chi connectivity index (χ1n) is 7.36. The Balaban J connectivity index is 1.81. The molecule has 0 aromatic heterocycles.